The summed E-state index contributed by atoms with van der Waals surface area (Å²) >= 11 is 0. The maximum absolute atomic E-state index is 13.1. The second-order valence-corrected chi connectivity index (χ2v) is 8.56. The molecule has 0 saturated carbocycles. The first-order valence-electron chi connectivity index (χ1n) is 9.52. The molecule has 0 aliphatic carbocycles. The Morgan fingerprint density at radius 1 is 1.24 bits per heavy atom. The summed E-state index contributed by atoms with van der Waals surface area (Å²) in [7, 11) is 0. The number of anilines is 1. The summed E-state index contributed by atoms with van der Waals surface area (Å²) in [6, 6.07) is 9.15. The van der Waals surface area contributed by atoms with Crippen molar-refractivity contribution in [3.63, 3.8) is 0 Å². The van der Waals surface area contributed by atoms with Crippen LogP contribution >= 0.6 is 0 Å². The van der Waals surface area contributed by atoms with E-state index in [0.717, 1.165) is 5.56 Å². The number of β-amino-alcohol motifs (C(OH)–C–C–N with tert-alkyl or cyclic N) is 1. The van der Waals surface area contributed by atoms with E-state index in [1.165, 1.54) is 24.3 Å². The Balaban J connectivity index is 1.75. The highest BCUT2D eigenvalue weighted by molar-refractivity contribution is 6.00. The number of hydrogen-bond acceptors (Lipinski definition) is 5. The number of aromatic hydroxyl groups is 1. The van der Waals surface area contributed by atoms with Gasteiger partial charge in [-0.2, -0.15) is 0 Å². The molecule has 1 amide bonds. The lowest BCUT2D eigenvalue weighted by molar-refractivity contribution is -0.129. The number of hydrogen-bond donors (Lipinski definition) is 4. The summed E-state index contributed by atoms with van der Waals surface area (Å²) in [6.45, 7) is 7.44. The van der Waals surface area contributed by atoms with Gasteiger partial charge in [-0.1, -0.05) is 12.1 Å². The number of amides is 1. The number of rotatable bonds is 6. The van der Waals surface area contributed by atoms with Gasteiger partial charge in [-0.05, 0) is 57.9 Å². The third-order valence-electron chi connectivity index (χ3n) is 4.95. The highest BCUT2D eigenvalue weighted by Crippen LogP contribution is 2.42. The van der Waals surface area contributed by atoms with Gasteiger partial charge in [0.1, 0.15) is 11.6 Å². The van der Waals surface area contributed by atoms with Gasteiger partial charge in [-0.15, -0.1) is 0 Å². The van der Waals surface area contributed by atoms with E-state index in [1.54, 1.807) is 26.0 Å². The molecule has 29 heavy (non-hydrogen) atoms. The van der Waals surface area contributed by atoms with Gasteiger partial charge in [0.15, 0.2) is 11.4 Å². The number of halogens is 1. The Morgan fingerprint density at radius 3 is 2.55 bits per heavy atom. The van der Waals surface area contributed by atoms with Crippen LogP contribution in [-0.2, 0) is 11.2 Å². The molecule has 156 valence electrons. The Bertz CT molecular complexity index is 910. The zero-order valence-electron chi connectivity index (χ0n) is 17.0. The van der Waals surface area contributed by atoms with Crippen molar-refractivity contribution in [2.75, 3.05) is 11.9 Å². The molecule has 1 unspecified atom stereocenters. The monoisotopic (exact) mass is 402 g/mol. The van der Waals surface area contributed by atoms with Crippen molar-refractivity contribution in [2.45, 2.75) is 51.4 Å². The van der Waals surface area contributed by atoms with E-state index in [0.29, 0.717) is 23.4 Å². The van der Waals surface area contributed by atoms with E-state index in [9.17, 15) is 19.4 Å². The molecule has 0 aromatic heterocycles. The van der Waals surface area contributed by atoms with Crippen LogP contribution in [0.4, 0.5) is 10.1 Å². The first-order valence-corrected chi connectivity index (χ1v) is 9.52. The van der Waals surface area contributed by atoms with Crippen molar-refractivity contribution >= 4 is 11.6 Å². The molecule has 3 rings (SSSR count). The number of phenols is 1. The van der Waals surface area contributed by atoms with E-state index in [1.807, 2.05) is 13.8 Å². The molecule has 4 N–H and O–H groups in total. The van der Waals surface area contributed by atoms with Crippen molar-refractivity contribution in [1.29, 1.82) is 0 Å². The fraction of sp³-hybridized carbons (Fsp3) is 0.409. The number of carbonyl (C=O) groups excluding carboxylic acids is 1. The topological polar surface area (TPSA) is 90.8 Å². The first kappa shape index (κ1) is 21.1. The average molecular weight is 402 g/mol. The fourth-order valence-electron chi connectivity index (χ4n) is 3.32. The molecule has 0 radical (unpaired) electrons. The smallest absolute Gasteiger partial charge is 0.268 e. The van der Waals surface area contributed by atoms with E-state index in [-0.39, 0.29) is 29.6 Å². The summed E-state index contributed by atoms with van der Waals surface area (Å²) in [5, 5.41) is 26.8. The third kappa shape index (κ3) is 4.86. The average Bonchev–Trinajstić information content (AvgIpc) is 2.62. The molecule has 1 heterocycles. The van der Waals surface area contributed by atoms with Crippen LogP contribution in [0.2, 0.25) is 0 Å². The molecular formula is C22H27FN2O4. The van der Waals surface area contributed by atoms with Crippen molar-refractivity contribution in [3.05, 3.63) is 53.3 Å². The van der Waals surface area contributed by atoms with Crippen LogP contribution in [0.15, 0.2) is 36.4 Å². The number of benzene rings is 2. The van der Waals surface area contributed by atoms with E-state index < -0.39 is 11.7 Å². The highest BCUT2D eigenvalue weighted by Gasteiger charge is 2.37. The molecule has 2 aromatic rings. The van der Waals surface area contributed by atoms with Crippen LogP contribution in [0, 0.1) is 5.82 Å². The van der Waals surface area contributed by atoms with Crippen LogP contribution in [0.25, 0.3) is 0 Å². The van der Waals surface area contributed by atoms with Gasteiger partial charge in [0.2, 0.25) is 0 Å². The number of ether oxygens (including phenoxy) is 1. The largest absolute Gasteiger partial charge is 0.508 e. The van der Waals surface area contributed by atoms with Gasteiger partial charge >= 0.3 is 0 Å². The Labute approximate surface area is 169 Å². The Morgan fingerprint density at radius 2 is 1.90 bits per heavy atom. The van der Waals surface area contributed by atoms with Crippen LogP contribution in [0.1, 0.15) is 44.9 Å². The van der Waals surface area contributed by atoms with E-state index in [4.69, 9.17) is 4.74 Å². The number of aliphatic hydroxyl groups is 1. The predicted octanol–water partition coefficient (Wildman–Crippen LogP) is 3.29. The van der Waals surface area contributed by atoms with Gasteiger partial charge in [0, 0.05) is 23.7 Å². The molecule has 7 heteroatoms. The van der Waals surface area contributed by atoms with Gasteiger partial charge < -0.3 is 25.6 Å². The third-order valence-corrected chi connectivity index (χ3v) is 4.95. The lowest BCUT2D eigenvalue weighted by atomic mass is 9.94. The lowest BCUT2D eigenvalue weighted by Crippen LogP contribution is -2.46. The minimum atomic E-state index is -1.09. The molecule has 1 aliphatic rings. The van der Waals surface area contributed by atoms with Crippen LogP contribution in [0.5, 0.6) is 11.5 Å². The van der Waals surface area contributed by atoms with Crippen molar-refractivity contribution < 1.29 is 24.1 Å². The molecule has 1 aliphatic heterocycles. The zero-order chi connectivity index (χ0) is 21.4. The molecule has 0 fully saturated rings. The standard InChI is InChI=1S/C22H27FN2O4/c1-21(2,11-13-5-7-14(23)8-6-13)24-12-18(27)16-9-15(26)10-17-19(16)29-22(3,4)20(28)25-17/h5-10,18,24,26-27H,11-12H2,1-4H3,(H,25,28). The summed E-state index contributed by atoms with van der Waals surface area (Å²) < 4.78 is 18.9. The highest BCUT2D eigenvalue weighted by atomic mass is 19.1. The van der Waals surface area contributed by atoms with Crippen LogP contribution in [-0.4, -0.2) is 33.8 Å². The van der Waals surface area contributed by atoms with Crippen molar-refractivity contribution in [3.8, 4) is 11.5 Å². The minimum Gasteiger partial charge on any atom is -0.508 e. The van der Waals surface area contributed by atoms with Crippen LogP contribution in [0.3, 0.4) is 0 Å². The Kier molecular flexibility index (Phi) is 5.56. The molecule has 2 aromatic carbocycles. The molecule has 0 bridgehead atoms. The fourth-order valence-corrected chi connectivity index (χ4v) is 3.32. The van der Waals surface area contributed by atoms with Crippen molar-refractivity contribution in [2.24, 2.45) is 0 Å². The summed E-state index contributed by atoms with van der Waals surface area (Å²) in [5.41, 5.74) is 0.227. The van der Waals surface area contributed by atoms with Gasteiger partial charge in [-0.3, -0.25) is 4.79 Å². The SMILES string of the molecule is CC(C)(Cc1ccc(F)cc1)NCC(O)c1cc(O)cc2c1OC(C)(C)C(=O)N2. The predicted molar refractivity (Wildman–Crippen MR) is 109 cm³/mol. The summed E-state index contributed by atoms with van der Waals surface area (Å²) in [4.78, 5) is 12.1. The van der Waals surface area contributed by atoms with Crippen molar-refractivity contribution in [1.82, 2.24) is 5.32 Å². The van der Waals surface area contributed by atoms with Gasteiger partial charge in [0.05, 0.1) is 11.8 Å². The minimum absolute atomic E-state index is 0.0769. The second-order valence-electron chi connectivity index (χ2n) is 8.56. The number of fused-ring (bicyclic) bond motifs is 1. The molecule has 1 atom stereocenters. The molecule has 0 saturated heterocycles. The number of aliphatic hydroxyl groups excluding tert-OH is 1. The second kappa shape index (κ2) is 7.65. The number of phenolic OH excluding ortho intramolecular Hbond substituents is 1. The van der Waals surface area contributed by atoms with Gasteiger partial charge in [0.25, 0.3) is 5.91 Å². The lowest BCUT2D eigenvalue weighted by Gasteiger charge is -2.34. The molecule has 6 nitrogen and oxygen atoms in total. The Hall–Kier alpha value is -2.64. The normalized spacial score (nSPS) is 16.6. The van der Waals surface area contributed by atoms with E-state index in [2.05, 4.69) is 10.6 Å². The van der Waals surface area contributed by atoms with Gasteiger partial charge in [-0.25, -0.2) is 4.39 Å². The summed E-state index contributed by atoms with van der Waals surface area (Å²) in [6.07, 6.45) is -0.341. The maximum Gasteiger partial charge on any atom is 0.268 e. The zero-order valence-corrected chi connectivity index (χ0v) is 17.0. The first-order chi connectivity index (χ1) is 13.5. The van der Waals surface area contributed by atoms with Crippen LogP contribution < -0.4 is 15.4 Å². The molecular weight excluding hydrogens is 375 g/mol. The molecule has 0 spiro atoms. The number of carbonyl (C=O) groups is 1. The quantitative estimate of drug-likeness (QED) is 0.595. The maximum atomic E-state index is 13.1. The van der Waals surface area contributed by atoms with E-state index >= 15 is 0 Å². The number of nitrogens with one attached hydrogen (secondary N) is 2. The summed E-state index contributed by atoms with van der Waals surface area (Å²) in [5.74, 6) is -0.335.